The van der Waals surface area contributed by atoms with Crippen molar-refractivity contribution in [2.24, 2.45) is 5.41 Å². The summed E-state index contributed by atoms with van der Waals surface area (Å²) in [5, 5.41) is 11.3. The molecule has 1 rings (SSSR count). The fraction of sp³-hybridized carbons (Fsp3) is 0.761. The van der Waals surface area contributed by atoms with Gasteiger partial charge in [0.05, 0.1) is 45.6 Å². The van der Waals surface area contributed by atoms with Crippen LogP contribution >= 0.6 is 15.9 Å². The summed E-state index contributed by atoms with van der Waals surface area (Å²) in [4.78, 5) is 69.6. The smallest absolute Gasteiger partial charge is 0.410 e. The Hall–Kier alpha value is -3.55. The molecule has 0 bridgehead atoms. The molecule has 5 atom stereocenters. The number of esters is 3. The molecule has 0 aliphatic heterocycles. The standard InChI is InChI=1S/C46H77BrN2O15/c1-14-34(5)56-27-23-48(40(53)63-42(6,7)8)26-30-59-39(52)46(55,17-4)62-33-44(12,37(50)60-31-35-21-19-18-20-22-35)32-61-45(13,16-3)38(51)58-29-25-49(24-28-57-36(47)15-2)41(54)64-43(9,10)11/h18-22,34,36,55H,14-17,23-33H2,1-13H3. The lowest BCUT2D eigenvalue weighted by molar-refractivity contribution is -0.243. The SMILES string of the molecule is CCC(C)OCCN(CCOC(=O)C(O)(CC)OCC(C)(COC(C)(CC)C(=O)OCCN(CCOC(Br)CC)C(=O)OC(C)(C)C)C(=O)OCc1ccccc1)C(=O)OC(C)(C)C. The zero-order valence-corrected chi connectivity index (χ0v) is 42.2. The molecule has 2 amide bonds. The number of amides is 2. The number of aliphatic hydroxyl groups is 1. The quantitative estimate of drug-likeness (QED) is 0.0357. The number of alkyl halides is 1. The van der Waals surface area contributed by atoms with Gasteiger partial charge in [0, 0.05) is 19.5 Å². The molecule has 0 aromatic heterocycles. The second kappa shape index (κ2) is 27.8. The van der Waals surface area contributed by atoms with Crippen LogP contribution in [0.1, 0.15) is 121 Å². The fourth-order valence-electron chi connectivity index (χ4n) is 5.16. The van der Waals surface area contributed by atoms with Crippen molar-refractivity contribution in [2.75, 3.05) is 65.8 Å². The Morgan fingerprint density at radius 3 is 1.58 bits per heavy atom. The van der Waals surface area contributed by atoms with Crippen molar-refractivity contribution in [2.45, 2.75) is 156 Å². The first kappa shape index (κ1) is 58.5. The Bertz CT molecular complexity index is 1490. The average molecular weight is 978 g/mol. The molecule has 0 spiro atoms. The molecule has 0 saturated carbocycles. The van der Waals surface area contributed by atoms with Gasteiger partial charge < -0.3 is 57.5 Å². The van der Waals surface area contributed by atoms with Crippen molar-refractivity contribution in [3.05, 3.63) is 35.9 Å². The van der Waals surface area contributed by atoms with E-state index in [0.29, 0.717) is 5.56 Å². The molecular formula is C46H77BrN2O15. The van der Waals surface area contributed by atoms with Crippen LogP contribution in [-0.2, 0) is 63.6 Å². The molecule has 17 nitrogen and oxygen atoms in total. The average Bonchev–Trinajstić information content (AvgIpc) is 3.23. The fourth-order valence-corrected chi connectivity index (χ4v) is 5.35. The minimum Gasteiger partial charge on any atom is -0.462 e. The van der Waals surface area contributed by atoms with Crippen molar-refractivity contribution < 1.29 is 71.7 Å². The number of halogens is 1. The van der Waals surface area contributed by atoms with Crippen molar-refractivity contribution in [1.29, 1.82) is 0 Å². The van der Waals surface area contributed by atoms with Gasteiger partial charge in [0.25, 0.3) is 5.79 Å². The molecule has 18 heteroatoms. The minimum atomic E-state index is -2.53. The predicted octanol–water partition coefficient (Wildman–Crippen LogP) is 7.56. The lowest BCUT2D eigenvalue weighted by atomic mass is 9.92. The number of hydrogen-bond donors (Lipinski definition) is 1. The molecule has 0 aliphatic rings. The summed E-state index contributed by atoms with van der Waals surface area (Å²) in [5.41, 5.74) is -4.13. The molecule has 0 fully saturated rings. The zero-order chi connectivity index (χ0) is 48.8. The first-order valence-electron chi connectivity index (χ1n) is 22.2. The van der Waals surface area contributed by atoms with E-state index in [1.54, 1.807) is 72.7 Å². The lowest BCUT2D eigenvalue weighted by Crippen LogP contribution is -2.50. The molecule has 0 saturated heterocycles. The number of nitrogens with zero attached hydrogens (tertiary/aromatic N) is 2. The van der Waals surface area contributed by atoms with Gasteiger partial charge >= 0.3 is 30.1 Å². The van der Waals surface area contributed by atoms with Crippen molar-refractivity contribution in [3.63, 3.8) is 0 Å². The van der Waals surface area contributed by atoms with Crippen LogP contribution in [-0.4, -0.2) is 145 Å². The lowest BCUT2D eigenvalue weighted by Gasteiger charge is -2.35. The molecule has 0 radical (unpaired) electrons. The molecule has 368 valence electrons. The summed E-state index contributed by atoms with van der Waals surface area (Å²) in [6, 6.07) is 8.95. The summed E-state index contributed by atoms with van der Waals surface area (Å²) in [7, 11) is 0. The Balaban J connectivity index is 3.19. The number of benzene rings is 1. The Morgan fingerprint density at radius 1 is 0.625 bits per heavy atom. The van der Waals surface area contributed by atoms with Crippen LogP contribution in [0, 0.1) is 5.41 Å². The predicted molar refractivity (Wildman–Crippen MR) is 242 cm³/mol. The maximum Gasteiger partial charge on any atom is 0.410 e. The van der Waals surface area contributed by atoms with Crippen LogP contribution in [0.5, 0.6) is 0 Å². The van der Waals surface area contributed by atoms with E-state index in [0.717, 1.165) is 12.8 Å². The largest absolute Gasteiger partial charge is 0.462 e. The van der Waals surface area contributed by atoms with Crippen molar-refractivity contribution >= 4 is 46.0 Å². The number of ether oxygens (including phenoxy) is 9. The van der Waals surface area contributed by atoms with E-state index in [9.17, 15) is 29.1 Å². The highest BCUT2D eigenvalue weighted by atomic mass is 79.9. The monoisotopic (exact) mass is 976 g/mol. The second-order valence-electron chi connectivity index (χ2n) is 17.9. The van der Waals surface area contributed by atoms with Crippen LogP contribution in [0.3, 0.4) is 0 Å². The van der Waals surface area contributed by atoms with Gasteiger partial charge in [-0.25, -0.2) is 19.2 Å². The summed E-state index contributed by atoms with van der Waals surface area (Å²) in [5.74, 6) is -5.24. The Kier molecular flexibility index (Phi) is 25.4. The molecule has 0 heterocycles. The summed E-state index contributed by atoms with van der Waals surface area (Å²) in [6.07, 6.45) is 0.0848. The Labute approximate surface area is 389 Å². The van der Waals surface area contributed by atoms with Crippen LogP contribution in [0.4, 0.5) is 9.59 Å². The van der Waals surface area contributed by atoms with E-state index in [-0.39, 0.29) is 83.2 Å². The zero-order valence-electron chi connectivity index (χ0n) is 40.6. The highest BCUT2D eigenvalue weighted by Crippen LogP contribution is 2.29. The van der Waals surface area contributed by atoms with Gasteiger partial charge in [-0.15, -0.1) is 0 Å². The van der Waals surface area contributed by atoms with E-state index in [4.69, 9.17) is 42.6 Å². The highest BCUT2D eigenvalue weighted by molar-refractivity contribution is 9.09. The van der Waals surface area contributed by atoms with Gasteiger partial charge in [0.1, 0.15) is 41.5 Å². The number of carbonyl (C=O) groups is 5. The van der Waals surface area contributed by atoms with Crippen molar-refractivity contribution in [1.82, 2.24) is 9.80 Å². The van der Waals surface area contributed by atoms with Gasteiger partial charge in [-0.05, 0) is 87.1 Å². The number of hydrogen-bond acceptors (Lipinski definition) is 15. The normalized spacial score (nSPS) is 15.6. The van der Waals surface area contributed by atoms with E-state index < -0.39 is 71.3 Å². The van der Waals surface area contributed by atoms with Gasteiger partial charge in [0.2, 0.25) is 0 Å². The molecule has 1 N–H and O–H groups in total. The number of rotatable bonds is 29. The third-order valence-corrected chi connectivity index (χ3v) is 10.7. The van der Waals surface area contributed by atoms with Gasteiger partial charge in [0.15, 0.2) is 5.60 Å². The van der Waals surface area contributed by atoms with Gasteiger partial charge in [-0.2, -0.15) is 0 Å². The van der Waals surface area contributed by atoms with Crippen LogP contribution in [0.2, 0.25) is 0 Å². The molecule has 1 aromatic rings. The third-order valence-electron chi connectivity index (χ3n) is 9.76. The molecule has 1 aromatic carbocycles. The van der Waals surface area contributed by atoms with E-state index in [2.05, 4.69) is 15.9 Å². The van der Waals surface area contributed by atoms with E-state index in [1.165, 1.54) is 30.6 Å². The molecular weight excluding hydrogens is 900 g/mol. The Morgan fingerprint density at radius 2 is 1.11 bits per heavy atom. The summed E-state index contributed by atoms with van der Waals surface area (Å²) in [6.45, 7) is 21.4. The number of carbonyl (C=O) groups excluding carboxylic acids is 5. The minimum absolute atomic E-state index is 0.00234. The summed E-state index contributed by atoms with van der Waals surface area (Å²) >= 11 is 3.41. The molecule has 5 unspecified atom stereocenters. The second-order valence-corrected chi connectivity index (χ2v) is 18.9. The van der Waals surface area contributed by atoms with Crippen LogP contribution in [0.15, 0.2) is 30.3 Å². The van der Waals surface area contributed by atoms with E-state index in [1.807, 2.05) is 26.8 Å². The topological polar surface area (TPSA) is 195 Å². The maximum absolute atomic E-state index is 13.9. The molecule has 0 aliphatic carbocycles. The van der Waals surface area contributed by atoms with E-state index >= 15 is 0 Å². The first-order chi connectivity index (χ1) is 29.8. The van der Waals surface area contributed by atoms with Crippen LogP contribution < -0.4 is 0 Å². The first-order valence-corrected chi connectivity index (χ1v) is 23.1. The van der Waals surface area contributed by atoms with Gasteiger partial charge in [-0.3, -0.25) is 4.79 Å². The maximum atomic E-state index is 13.9. The van der Waals surface area contributed by atoms with Gasteiger partial charge in [-0.1, -0.05) is 74.0 Å². The van der Waals surface area contributed by atoms with Crippen molar-refractivity contribution in [3.8, 4) is 0 Å². The molecule has 64 heavy (non-hydrogen) atoms. The van der Waals surface area contributed by atoms with Crippen LogP contribution in [0.25, 0.3) is 0 Å². The highest BCUT2D eigenvalue weighted by Gasteiger charge is 2.46. The third kappa shape index (κ3) is 22.1. The summed E-state index contributed by atoms with van der Waals surface area (Å²) < 4.78 is 51.2.